The van der Waals surface area contributed by atoms with Gasteiger partial charge in [-0.3, -0.25) is 9.48 Å². The van der Waals surface area contributed by atoms with Gasteiger partial charge in [-0.15, -0.1) is 0 Å². The van der Waals surface area contributed by atoms with Crippen molar-refractivity contribution in [3.05, 3.63) is 53.7 Å². The minimum atomic E-state index is -0.250. The van der Waals surface area contributed by atoms with Crippen LogP contribution in [0.25, 0.3) is 5.65 Å². The van der Waals surface area contributed by atoms with Gasteiger partial charge in [-0.25, -0.2) is 4.98 Å². The number of hydrogen-bond donors (Lipinski definition) is 1. The summed E-state index contributed by atoms with van der Waals surface area (Å²) in [5.74, 6) is -0.206. The van der Waals surface area contributed by atoms with Gasteiger partial charge in [-0.1, -0.05) is 6.07 Å². The molecule has 1 N–H and O–H groups in total. The summed E-state index contributed by atoms with van der Waals surface area (Å²) < 4.78 is 9.68. The van der Waals surface area contributed by atoms with E-state index in [2.05, 4.69) is 15.4 Å². The largest absolute Gasteiger partial charge is 0.371 e. The smallest absolute Gasteiger partial charge is 0.226 e. The highest BCUT2D eigenvalue weighted by Crippen LogP contribution is 2.33. The highest BCUT2D eigenvalue weighted by Gasteiger charge is 2.34. The molecule has 7 nitrogen and oxygen atoms in total. The zero-order valence-electron chi connectivity index (χ0n) is 15.1. The summed E-state index contributed by atoms with van der Waals surface area (Å²) in [4.78, 5) is 17.4. The molecule has 0 bridgehead atoms. The number of hydrogen-bond acceptors (Lipinski definition) is 4. The molecule has 0 radical (unpaired) electrons. The fourth-order valence-electron chi connectivity index (χ4n) is 3.60. The van der Waals surface area contributed by atoms with Crippen LogP contribution in [-0.4, -0.2) is 31.7 Å². The standard InChI is InChI=1S/C19H23N5O2/c1-13-5-3-9-24-12-14(22-18(13)24)11-20-19(25)15-6-4-10-26-17(15)16-7-8-21-23(16)2/h3,5,7-9,12,15,17H,4,6,10-11H2,1-2H3,(H,20,25)/t15-,17-/m1/s1. The Morgan fingerprint density at radius 3 is 3.08 bits per heavy atom. The minimum Gasteiger partial charge on any atom is -0.371 e. The van der Waals surface area contributed by atoms with Crippen LogP contribution in [0.1, 0.15) is 35.9 Å². The third-order valence-electron chi connectivity index (χ3n) is 4.98. The van der Waals surface area contributed by atoms with Gasteiger partial charge in [0.15, 0.2) is 0 Å². The Morgan fingerprint density at radius 1 is 1.42 bits per heavy atom. The van der Waals surface area contributed by atoms with E-state index in [9.17, 15) is 4.79 Å². The lowest BCUT2D eigenvalue weighted by Crippen LogP contribution is -2.38. The van der Waals surface area contributed by atoms with E-state index >= 15 is 0 Å². The van der Waals surface area contributed by atoms with Crippen molar-refractivity contribution in [2.45, 2.75) is 32.4 Å². The lowest BCUT2D eigenvalue weighted by Gasteiger charge is -2.30. The van der Waals surface area contributed by atoms with Crippen LogP contribution in [0, 0.1) is 12.8 Å². The normalized spacial score (nSPS) is 20.4. The van der Waals surface area contributed by atoms with Crippen LogP contribution in [0.15, 0.2) is 36.8 Å². The van der Waals surface area contributed by atoms with Crippen LogP contribution in [0.4, 0.5) is 0 Å². The average Bonchev–Trinajstić information content (AvgIpc) is 3.26. The first kappa shape index (κ1) is 16.8. The Kier molecular flexibility index (Phi) is 4.46. The topological polar surface area (TPSA) is 73.4 Å². The molecular weight excluding hydrogens is 330 g/mol. The first-order valence-electron chi connectivity index (χ1n) is 8.94. The number of ether oxygens (including phenoxy) is 1. The summed E-state index contributed by atoms with van der Waals surface area (Å²) in [5, 5.41) is 7.24. The van der Waals surface area contributed by atoms with Crippen LogP contribution < -0.4 is 5.32 Å². The molecule has 0 aromatic carbocycles. The van der Waals surface area contributed by atoms with Gasteiger partial charge in [0.25, 0.3) is 0 Å². The molecule has 3 aromatic heterocycles. The fraction of sp³-hybridized carbons (Fsp3) is 0.421. The van der Waals surface area contributed by atoms with Crippen molar-refractivity contribution < 1.29 is 9.53 Å². The van der Waals surface area contributed by atoms with Crippen LogP contribution in [0.2, 0.25) is 0 Å². The zero-order valence-corrected chi connectivity index (χ0v) is 15.1. The Hall–Kier alpha value is -2.67. The van der Waals surface area contributed by atoms with Gasteiger partial charge in [0.1, 0.15) is 11.8 Å². The first-order chi connectivity index (χ1) is 12.6. The van der Waals surface area contributed by atoms with E-state index in [0.29, 0.717) is 13.2 Å². The van der Waals surface area contributed by atoms with Gasteiger partial charge < -0.3 is 14.5 Å². The van der Waals surface area contributed by atoms with Gasteiger partial charge in [-0.2, -0.15) is 5.10 Å². The summed E-state index contributed by atoms with van der Waals surface area (Å²) >= 11 is 0. The number of amides is 1. The lowest BCUT2D eigenvalue weighted by molar-refractivity contribution is -0.135. The molecule has 1 saturated heterocycles. The molecule has 4 rings (SSSR count). The van der Waals surface area contributed by atoms with E-state index in [1.54, 1.807) is 10.9 Å². The summed E-state index contributed by atoms with van der Waals surface area (Å²) in [5.41, 5.74) is 3.82. The second-order valence-corrected chi connectivity index (χ2v) is 6.79. The SMILES string of the molecule is Cc1cccn2cc(CNC(=O)[C@@H]3CCCO[C@H]3c3ccnn3C)nc12. The zero-order chi connectivity index (χ0) is 18.1. The summed E-state index contributed by atoms with van der Waals surface area (Å²) in [7, 11) is 1.88. The summed E-state index contributed by atoms with van der Waals surface area (Å²) in [6.45, 7) is 3.11. The van der Waals surface area contributed by atoms with E-state index in [1.807, 2.05) is 49.0 Å². The molecule has 1 aliphatic heterocycles. The number of carbonyl (C=O) groups is 1. The predicted octanol–water partition coefficient (Wildman–Crippen LogP) is 2.16. The number of rotatable bonds is 4. The number of pyridine rings is 1. The molecule has 3 aromatic rings. The molecule has 7 heteroatoms. The molecule has 0 spiro atoms. The minimum absolute atomic E-state index is 0.00433. The Balaban J connectivity index is 1.47. The van der Waals surface area contributed by atoms with Crippen LogP contribution >= 0.6 is 0 Å². The maximum Gasteiger partial charge on any atom is 0.226 e. The number of aryl methyl sites for hydroxylation is 2. The van der Waals surface area contributed by atoms with Gasteiger partial charge in [0.2, 0.25) is 5.91 Å². The third kappa shape index (κ3) is 3.10. The molecular formula is C19H23N5O2. The van der Waals surface area contributed by atoms with Crippen molar-refractivity contribution in [3.8, 4) is 0 Å². The molecule has 4 heterocycles. The van der Waals surface area contributed by atoms with Crippen LogP contribution in [-0.2, 0) is 23.1 Å². The van der Waals surface area contributed by atoms with E-state index < -0.39 is 0 Å². The highest BCUT2D eigenvalue weighted by atomic mass is 16.5. The number of carbonyl (C=O) groups excluding carboxylic acids is 1. The predicted molar refractivity (Wildman–Crippen MR) is 96.4 cm³/mol. The Morgan fingerprint density at radius 2 is 2.31 bits per heavy atom. The van der Waals surface area contributed by atoms with Crippen molar-refractivity contribution in [2.75, 3.05) is 6.61 Å². The molecule has 0 aliphatic carbocycles. The number of imidazole rings is 1. The summed E-state index contributed by atoms with van der Waals surface area (Å²) in [6.07, 6.45) is 7.11. The number of aromatic nitrogens is 4. The van der Waals surface area contributed by atoms with Crippen molar-refractivity contribution >= 4 is 11.6 Å². The van der Waals surface area contributed by atoms with Gasteiger partial charge in [0.05, 0.1) is 23.9 Å². The number of nitrogens with zero attached hydrogens (tertiary/aromatic N) is 4. The van der Waals surface area contributed by atoms with Crippen molar-refractivity contribution in [1.82, 2.24) is 24.5 Å². The quantitative estimate of drug-likeness (QED) is 0.780. The van der Waals surface area contributed by atoms with Crippen molar-refractivity contribution in [1.29, 1.82) is 0 Å². The first-order valence-corrected chi connectivity index (χ1v) is 8.94. The molecule has 2 atom stereocenters. The van der Waals surface area contributed by atoms with E-state index in [-0.39, 0.29) is 17.9 Å². The van der Waals surface area contributed by atoms with E-state index in [4.69, 9.17) is 4.74 Å². The highest BCUT2D eigenvalue weighted by molar-refractivity contribution is 5.79. The second kappa shape index (κ2) is 6.92. The monoisotopic (exact) mass is 353 g/mol. The van der Waals surface area contributed by atoms with E-state index in [1.165, 1.54) is 0 Å². The van der Waals surface area contributed by atoms with Crippen LogP contribution in [0.5, 0.6) is 0 Å². The van der Waals surface area contributed by atoms with Gasteiger partial charge in [-0.05, 0) is 37.5 Å². The van der Waals surface area contributed by atoms with Crippen LogP contribution in [0.3, 0.4) is 0 Å². The summed E-state index contributed by atoms with van der Waals surface area (Å²) in [6, 6.07) is 5.94. The molecule has 0 saturated carbocycles. The molecule has 1 amide bonds. The Labute approximate surface area is 152 Å². The molecule has 26 heavy (non-hydrogen) atoms. The maximum atomic E-state index is 12.8. The average molecular weight is 353 g/mol. The second-order valence-electron chi connectivity index (χ2n) is 6.79. The molecule has 1 fully saturated rings. The number of nitrogens with one attached hydrogen (secondary N) is 1. The third-order valence-corrected chi connectivity index (χ3v) is 4.98. The van der Waals surface area contributed by atoms with Crippen molar-refractivity contribution in [3.63, 3.8) is 0 Å². The lowest BCUT2D eigenvalue weighted by atomic mass is 9.91. The maximum absolute atomic E-state index is 12.8. The van der Waals surface area contributed by atoms with E-state index in [0.717, 1.165) is 35.4 Å². The fourth-order valence-corrected chi connectivity index (χ4v) is 3.60. The molecule has 136 valence electrons. The van der Waals surface area contributed by atoms with Gasteiger partial charge >= 0.3 is 0 Å². The molecule has 1 aliphatic rings. The number of fused-ring (bicyclic) bond motifs is 1. The van der Waals surface area contributed by atoms with Gasteiger partial charge in [0, 0.05) is 32.2 Å². The Bertz CT molecular complexity index is 929. The molecule has 0 unspecified atom stereocenters. The van der Waals surface area contributed by atoms with Crippen molar-refractivity contribution in [2.24, 2.45) is 13.0 Å².